The molecule has 4 rings (SSSR count). The van der Waals surface area contributed by atoms with Crippen molar-refractivity contribution < 1.29 is 23.9 Å². The van der Waals surface area contributed by atoms with Crippen molar-refractivity contribution in [2.45, 2.75) is 33.8 Å². The molecule has 0 aromatic heterocycles. The van der Waals surface area contributed by atoms with E-state index in [1.165, 1.54) is 0 Å². The lowest BCUT2D eigenvalue weighted by atomic mass is 10.0. The van der Waals surface area contributed by atoms with Crippen LogP contribution in [0.15, 0.2) is 76.6 Å². The van der Waals surface area contributed by atoms with Crippen LogP contribution in [-0.2, 0) is 22.6 Å². The summed E-state index contributed by atoms with van der Waals surface area (Å²) in [7, 11) is 0. The molecular formula is C32H31BrN2O5S. The van der Waals surface area contributed by atoms with Crippen LogP contribution in [0.2, 0.25) is 0 Å². The van der Waals surface area contributed by atoms with Gasteiger partial charge in [0.25, 0.3) is 11.1 Å². The van der Waals surface area contributed by atoms with Gasteiger partial charge in [-0.1, -0.05) is 40.2 Å². The molecule has 0 saturated carbocycles. The van der Waals surface area contributed by atoms with E-state index in [4.69, 9.17) is 9.47 Å². The fraction of sp³-hybridized carbons (Fsp3) is 0.219. The molecule has 0 aliphatic carbocycles. The van der Waals surface area contributed by atoms with Crippen LogP contribution in [0.3, 0.4) is 0 Å². The molecule has 7 nitrogen and oxygen atoms in total. The predicted molar refractivity (Wildman–Crippen MR) is 167 cm³/mol. The molecule has 212 valence electrons. The standard InChI is InChI=1S/C32H31BrN2O5S/c1-5-7-24-15-23(16-27(39-6-2)30(24)40-19-22-8-10-25(33)11-9-22)17-28-31(37)35(32(38)41-28)18-29(36)34-26-13-20(3)12-21(4)14-26/h5,8-17H,1,6-7,18-19H2,2-4H3,(H,34,36)/b28-17-. The van der Waals surface area contributed by atoms with Crippen LogP contribution in [-0.4, -0.2) is 35.1 Å². The van der Waals surface area contributed by atoms with Crippen molar-refractivity contribution in [1.82, 2.24) is 4.90 Å². The van der Waals surface area contributed by atoms with E-state index in [1.54, 1.807) is 18.2 Å². The van der Waals surface area contributed by atoms with Crippen LogP contribution in [0, 0.1) is 13.8 Å². The van der Waals surface area contributed by atoms with Gasteiger partial charge < -0.3 is 14.8 Å². The van der Waals surface area contributed by atoms with Crippen molar-refractivity contribution >= 4 is 56.5 Å². The highest BCUT2D eigenvalue weighted by Gasteiger charge is 2.36. The minimum absolute atomic E-state index is 0.227. The molecule has 3 aromatic carbocycles. The number of imide groups is 1. The first-order valence-corrected chi connectivity index (χ1v) is 14.7. The first-order chi connectivity index (χ1) is 19.7. The fourth-order valence-corrected chi connectivity index (χ4v) is 5.52. The first-order valence-electron chi connectivity index (χ1n) is 13.1. The summed E-state index contributed by atoms with van der Waals surface area (Å²) in [5, 5.41) is 2.28. The average molecular weight is 636 g/mol. The maximum atomic E-state index is 13.1. The molecule has 41 heavy (non-hydrogen) atoms. The zero-order valence-electron chi connectivity index (χ0n) is 23.2. The molecule has 1 heterocycles. The summed E-state index contributed by atoms with van der Waals surface area (Å²) in [6, 6.07) is 17.2. The molecule has 1 saturated heterocycles. The first kappa shape index (κ1) is 30.1. The van der Waals surface area contributed by atoms with Gasteiger partial charge >= 0.3 is 0 Å². The highest BCUT2D eigenvalue weighted by molar-refractivity contribution is 9.10. The monoisotopic (exact) mass is 634 g/mol. The Morgan fingerprint density at radius 2 is 1.76 bits per heavy atom. The Morgan fingerprint density at radius 3 is 2.41 bits per heavy atom. The summed E-state index contributed by atoms with van der Waals surface area (Å²) >= 11 is 4.25. The highest BCUT2D eigenvalue weighted by Crippen LogP contribution is 2.38. The predicted octanol–water partition coefficient (Wildman–Crippen LogP) is 7.45. The largest absolute Gasteiger partial charge is 0.490 e. The van der Waals surface area contributed by atoms with Crippen molar-refractivity contribution in [1.29, 1.82) is 0 Å². The second-order valence-electron chi connectivity index (χ2n) is 9.54. The number of carbonyl (C=O) groups excluding carboxylic acids is 3. The smallest absolute Gasteiger partial charge is 0.294 e. The molecule has 1 N–H and O–H groups in total. The lowest BCUT2D eigenvalue weighted by Gasteiger charge is -2.17. The highest BCUT2D eigenvalue weighted by atomic mass is 79.9. The molecule has 3 aromatic rings. The van der Waals surface area contributed by atoms with E-state index in [9.17, 15) is 14.4 Å². The van der Waals surface area contributed by atoms with Gasteiger partial charge in [-0.15, -0.1) is 6.58 Å². The summed E-state index contributed by atoms with van der Waals surface area (Å²) in [4.78, 5) is 39.7. The molecule has 1 fully saturated rings. The van der Waals surface area contributed by atoms with Crippen molar-refractivity contribution in [2.75, 3.05) is 18.5 Å². The Morgan fingerprint density at radius 1 is 1.05 bits per heavy atom. The van der Waals surface area contributed by atoms with E-state index in [1.807, 2.05) is 69.3 Å². The topological polar surface area (TPSA) is 84.9 Å². The number of aryl methyl sites for hydroxylation is 2. The van der Waals surface area contributed by atoms with Gasteiger partial charge in [0.1, 0.15) is 13.2 Å². The van der Waals surface area contributed by atoms with E-state index in [2.05, 4.69) is 27.8 Å². The summed E-state index contributed by atoms with van der Waals surface area (Å²) in [5.41, 5.74) is 5.13. The molecule has 1 aliphatic heterocycles. The number of thioether (sulfide) groups is 1. The summed E-state index contributed by atoms with van der Waals surface area (Å²) in [5.74, 6) is 0.164. The Kier molecular flexibility index (Phi) is 10.1. The van der Waals surface area contributed by atoms with Crippen LogP contribution >= 0.6 is 27.7 Å². The second kappa shape index (κ2) is 13.7. The normalized spacial score (nSPS) is 14.0. The van der Waals surface area contributed by atoms with Gasteiger partial charge in [0.05, 0.1) is 11.5 Å². The number of amides is 3. The lowest BCUT2D eigenvalue weighted by Crippen LogP contribution is -2.36. The van der Waals surface area contributed by atoms with Gasteiger partial charge in [-0.25, -0.2) is 0 Å². The number of hydrogen-bond donors (Lipinski definition) is 1. The third-order valence-electron chi connectivity index (χ3n) is 6.09. The lowest BCUT2D eigenvalue weighted by molar-refractivity contribution is -0.127. The Balaban J connectivity index is 1.54. The molecule has 0 bridgehead atoms. The number of halogens is 1. The molecule has 0 spiro atoms. The molecule has 0 unspecified atom stereocenters. The number of anilines is 1. The number of nitrogens with one attached hydrogen (secondary N) is 1. The zero-order chi connectivity index (χ0) is 29.5. The number of nitrogens with zero attached hydrogens (tertiary/aromatic N) is 1. The molecule has 1 aliphatic rings. The number of rotatable bonds is 11. The maximum Gasteiger partial charge on any atom is 0.294 e. The van der Waals surface area contributed by atoms with Gasteiger partial charge in [-0.05, 0) is 104 Å². The van der Waals surface area contributed by atoms with Crippen LogP contribution in [0.25, 0.3) is 6.08 Å². The Bertz CT molecular complexity index is 1500. The minimum atomic E-state index is -0.519. The van der Waals surface area contributed by atoms with Crippen molar-refractivity contribution in [2.24, 2.45) is 0 Å². The van der Waals surface area contributed by atoms with E-state index in [0.29, 0.717) is 42.4 Å². The molecule has 9 heteroatoms. The van der Waals surface area contributed by atoms with Crippen molar-refractivity contribution in [3.8, 4) is 11.5 Å². The van der Waals surface area contributed by atoms with Crippen LogP contribution in [0.4, 0.5) is 10.5 Å². The van der Waals surface area contributed by atoms with Crippen molar-refractivity contribution in [3.63, 3.8) is 0 Å². The van der Waals surface area contributed by atoms with Crippen molar-refractivity contribution in [3.05, 3.63) is 104 Å². The second-order valence-corrected chi connectivity index (χ2v) is 11.4. The maximum absolute atomic E-state index is 13.1. The van der Waals surface area contributed by atoms with E-state index < -0.39 is 17.1 Å². The molecule has 0 atom stereocenters. The average Bonchev–Trinajstić information content (AvgIpc) is 3.16. The Hall–Kier alpha value is -3.82. The molecule has 0 radical (unpaired) electrons. The minimum Gasteiger partial charge on any atom is -0.490 e. The quantitative estimate of drug-likeness (QED) is 0.174. The van der Waals surface area contributed by atoms with Crippen LogP contribution < -0.4 is 14.8 Å². The Labute approximate surface area is 252 Å². The number of ether oxygens (including phenoxy) is 2. The summed E-state index contributed by atoms with van der Waals surface area (Å²) in [6.07, 6.45) is 3.92. The third kappa shape index (κ3) is 7.89. The third-order valence-corrected chi connectivity index (χ3v) is 7.53. The number of carbonyl (C=O) groups is 3. The van der Waals surface area contributed by atoms with Gasteiger partial charge in [-0.3, -0.25) is 19.3 Å². The molecular weight excluding hydrogens is 604 g/mol. The SMILES string of the molecule is C=CCc1cc(/C=C2\SC(=O)N(CC(=O)Nc3cc(C)cc(C)c3)C2=O)cc(OCC)c1OCc1ccc(Br)cc1. The van der Waals surface area contributed by atoms with Gasteiger partial charge in [0.15, 0.2) is 11.5 Å². The summed E-state index contributed by atoms with van der Waals surface area (Å²) < 4.78 is 13.1. The van der Waals surface area contributed by atoms with E-state index >= 15 is 0 Å². The van der Waals surface area contributed by atoms with Crippen LogP contribution in [0.5, 0.6) is 11.5 Å². The summed E-state index contributed by atoms with van der Waals surface area (Å²) in [6.45, 7) is 10.0. The number of allylic oxidation sites excluding steroid dienone is 1. The van der Waals surface area contributed by atoms with E-state index in [0.717, 1.165) is 43.4 Å². The zero-order valence-corrected chi connectivity index (χ0v) is 25.6. The number of benzene rings is 3. The van der Waals surface area contributed by atoms with Gasteiger partial charge in [-0.2, -0.15) is 0 Å². The molecule has 3 amide bonds. The van der Waals surface area contributed by atoms with Gasteiger partial charge in [0, 0.05) is 15.7 Å². The van der Waals surface area contributed by atoms with E-state index in [-0.39, 0.29) is 11.4 Å². The van der Waals surface area contributed by atoms with Crippen LogP contribution in [0.1, 0.15) is 34.7 Å². The number of hydrogen-bond acceptors (Lipinski definition) is 6. The fourth-order valence-electron chi connectivity index (χ4n) is 4.42. The van der Waals surface area contributed by atoms with Gasteiger partial charge in [0.2, 0.25) is 5.91 Å².